The second-order valence-electron chi connectivity index (χ2n) is 9.46. The van der Waals surface area contributed by atoms with Gasteiger partial charge in [0.15, 0.2) is 0 Å². The lowest BCUT2D eigenvalue weighted by molar-refractivity contribution is 0.302. The van der Waals surface area contributed by atoms with Gasteiger partial charge >= 0.3 is 7.60 Å². The van der Waals surface area contributed by atoms with E-state index in [1.54, 1.807) is 0 Å². The summed E-state index contributed by atoms with van der Waals surface area (Å²) >= 11 is 6.31. The molecule has 0 bridgehead atoms. The van der Waals surface area contributed by atoms with E-state index in [2.05, 4.69) is 55.6 Å². The first kappa shape index (κ1) is 28.4. The van der Waals surface area contributed by atoms with E-state index in [-0.39, 0.29) is 12.1 Å². The van der Waals surface area contributed by atoms with Gasteiger partial charge in [-0.15, -0.1) is 0 Å². The molecule has 0 amide bonds. The quantitative estimate of drug-likeness (QED) is 0.165. The molecule has 0 fully saturated rings. The number of hydrogen-bond donors (Lipinski definition) is 3. The topological polar surface area (TPSA) is 78.8 Å². The minimum atomic E-state index is -3.92. The average molecular weight is 530 g/mol. The third kappa shape index (κ3) is 9.06. The summed E-state index contributed by atoms with van der Waals surface area (Å²) in [7, 11) is -3.92. The maximum absolute atomic E-state index is 10.9. The van der Waals surface area contributed by atoms with Crippen LogP contribution in [0.2, 0.25) is 5.02 Å². The van der Waals surface area contributed by atoms with Gasteiger partial charge in [0, 0.05) is 17.5 Å². The lowest BCUT2D eigenvalue weighted by Crippen LogP contribution is -2.16. The van der Waals surface area contributed by atoms with Crippen molar-refractivity contribution in [2.24, 2.45) is 0 Å². The predicted octanol–water partition coefficient (Wildman–Crippen LogP) is 6.91. The van der Waals surface area contributed by atoms with Crippen molar-refractivity contribution in [1.29, 1.82) is 0 Å². The van der Waals surface area contributed by atoms with Crippen molar-refractivity contribution in [3.63, 3.8) is 0 Å². The monoisotopic (exact) mass is 529 g/mol. The summed E-state index contributed by atoms with van der Waals surface area (Å²) in [5.74, 6) is 1.14. The fourth-order valence-corrected chi connectivity index (χ4v) is 5.10. The molecular formula is C29H37ClNO4P. The summed E-state index contributed by atoms with van der Waals surface area (Å²) in [6.45, 7) is 8.17. The number of rotatable bonds is 13. The van der Waals surface area contributed by atoms with Crippen LogP contribution in [0.5, 0.6) is 5.75 Å². The smallest absolute Gasteiger partial charge is 0.325 e. The molecule has 194 valence electrons. The normalized spacial score (nSPS) is 12.5. The van der Waals surface area contributed by atoms with E-state index in [1.807, 2.05) is 31.2 Å². The maximum Gasteiger partial charge on any atom is 0.325 e. The Labute approximate surface area is 220 Å². The van der Waals surface area contributed by atoms with Crippen LogP contribution in [0, 0.1) is 20.8 Å². The van der Waals surface area contributed by atoms with Gasteiger partial charge in [-0.2, -0.15) is 0 Å². The Morgan fingerprint density at radius 2 is 1.69 bits per heavy atom. The molecule has 0 aromatic heterocycles. The third-order valence-electron chi connectivity index (χ3n) is 6.45. The van der Waals surface area contributed by atoms with Crippen LogP contribution in [0.3, 0.4) is 0 Å². The first-order valence-corrected chi connectivity index (χ1v) is 14.6. The molecule has 3 rings (SSSR count). The van der Waals surface area contributed by atoms with E-state index in [1.165, 1.54) is 22.3 Å². The maximum atomic E-state index is 10.9. The molecule has 0 aliphatic rings. The van der Waals surface area contributed by atoms with Crippen LogP contribution in [0.4, 0.5) is 0 Å². The molecule has 7 heteroatoms. The van der Waals surface area contributed by atoms with Crippen LogP contribution in [0.1, 0.15) is 58.6 Å². The lowest BCUT2D eigenvalue weighted by atomic mass is 9.86. The number of nitrogens with one attached hydrogen (secondary N) is 1. The van der Waals surface area contributed by atoms with Crippen LogP contribution in [-0.2, 0) is 11.1 Å². The van der Waals surface area contributed by atoms with Crippen LogP contribution >= 0.6 is 19.2 Å². The molecule has 3 N–H and O–H groups in total. The predicted molar refractivity (Wildman–Crippen MR) is 148 cm³/mol. The van der Waals surface area contributed by atoms with Gasteiger partial charge in [-0.05, 0) is 98.2 Å². The van der Waals surface area contributed by atoms with Crippen molar-refractivity contribution in [2.75, 3.05) is 19.3 Å². The number of aryl methyl sites for hydroxylation is 3. The van der Waals surface area contributed by atoms with Crippen LogP contribution in [-0.4, -0.2) is 29.1 Å². The van der Waals surface area contributed by atoms with Gasteiger partial charge in [-0.1, -0.05) is 54.1 Å². The van der Waals surface area contributed by atoms with Crippen molar-refractivity contribution < 1.29 is 19.1 Å². The summed E-state index contributed by atoms with van der Waals surface area (Å²) in [4.78, 5) is 17.9. The molecule has 3 aromatic carbocycles. The Bertz CT molecular complexity index is 1190. The minimum Gasteiger partial charge on any atom is -0.493 e. The van der Waals surface area contributed by atoms with Gasteiger partial charge < -0.3 is 19.8 Å². The van der Waals surface area contributed by atoms with Crippen LogP contribution in [0.25, 0.3) is 0 Å². The van der Waals surface area contributed by atoms with Gasteiger partial charge in [0.25, 0.3) is 0 Å². The van der Waals surface area contributed by atoms with Crippen molar-refractivity contribution in [1.82, 2.24) is 5.32 Å². The highest BCUT2D eigenvalue weighted by atomic mass is 35.5. The SMILES string of the molecule is Cc1ccc(C(CCCOc2ccc(CNCCCP(=O)(O)O)cc2C)c2cccc(Cl)c2)cc1C. The number of benzene rings is 3. The van der Waals surface area contributed by atoms with E-state index in [0.29, 0.717) is 26.1 Å². The standard InChI is InChI=1S/C29H37ClNO4P/c1-21-10-12-26(18-22(21)2)28(25-7-4-8-27(30)19-25)9-5-15-35-29-13-11-24(17-23(29)3)20-31-14-6-16-36(32,33)34/h4,7-8,10-13,17-19,28,31H,5-6,9,14-16,20H2,1-3H3,(H2,32,33,34). The zero-order valence-electron chi connectivity index (χ0n) is 21.3. The molecule has 1 unspecified atom stereocenters. The number of halogens is 1. The third-order valence-corrected chi connectivity index (χ3v) is 7.58. The van der Waals surface area contributed by atoms with Crippen LogP contribution in [0.15, 0.2) is 60.7 Å². The summed E-state index contributed by atoms with van der Waals surface area (Å²) in [6.07, 6.45) is 2.22. The van der Waals surface area contributed by atoms with Gasteiger partial charge in [0.2, 0.25) is 0 Å². The Morgan fingerprint density at radius 3 is 2.39 bits per heavy atom. The van der Waals surface area contributed by atoms with Crippen molar-refractivity contribution in [2.45, 2.75) is 52.5 Å². The lowest BCUT2D eigenvalue weighted by Gasteiger charge is -2.20. The number of ether oxygens (including phenoxy) is 1. The molecule has 5 nitrogen and oxygen atoms in total. The van der Waals surface area contributed by atoms with Crippen molar-refractivity contribution in [3.8, 4) is 5.75 Å². The highest BCUT2D eigenvalue weighted by molar-refractivity contribution is 7.51. The first-order valence-electron chi connectivity index (χ1n) is 12.4. The van der Waals surface area contributed by atoms with E-state index in [0.717, 1.165) is 34.7 Å². The zero-order valence-corrected chi connectivity index (χ0v) is 23.0. The zero-order chi connectivity index (χ0) is 26.1. The second kappa shape index (κ2) is 13.4. The van der Waals surface area contributed by atoms with E-state index < -0.39 is 7.60 Å². The van der Waals surface area contributed by atoms with Crippen LogP contribution < -0.4 is 10.1 Å². The summed E-state index contributed by atoms with van der Waals surface area (Å²) in [5, 5.41) is 3.99. The van der Waals surface area contributed by atoms with E-state index in [4.69, 9.17) is 26.1 Å². The minimum absolute atomic E-state index is 0.0898. The Morgan fingerprint density at radius 1 is 0.917 bits per heavy atom. The summed E-state index contributed by atoms with van der Waals surface area (Å²) < 4.78 is 17.1. The molecule has 3 aromatic rings. The van der Waals surface area contributed by atoms with Crippen molar-refractivity contribution >= 4 is 19.2 Å². The Hall–Kier alpha value is -2.14. The molecule has 0 saturated carbocycles. The first-order chi connectivity index (χ1) is 17.1. The molecular weight excluding hydrogens is 493 g/mol. The molecule has 0 aliphatic carbocycles. The molecule has 0 heterocycles. The molecule has 1 atom stereocenters. The Kier molecular flexibility index (Phi) is 10.6. The van der Waals surface area contributed by atoms with Gasteiger partial charge in [-0.3, -0.25) is 4.57 Å². The number of hydrogen-bond acceptors (Lipinski definition) is 3. The van der Waals surface area contributed by atoms with E-state index >= 15 is 0 Å². The Balaban J connectivity index is 1.54. The van der Waals surface area contributed by atoms with E-state index in [9.17, 15) is 4.57 Å². The fraction of sp³-hybridized carbons (Fsp3) is 0.379. The molecule has 0 aliphatic heterocycles. The fourth-order valence-electron chi connectivity index (χ4n) is 4.33. The molecule has 0 spiro atoms. The molecule has 0 saturated heterocycles. The van der Waals surface area contributed by atoms with Crippen molar-refractivity contribution in [3.05, 3.63) is 99.1 Å². The molecule has 0 radical (unpaired) electrons. The summed E-state index contributed by atoms with van der Waals surface area (Å²) in [6, 6.07) is 21.0. The largest absolute Gasteiger partial charge is 0.493 e. The highest BCUT2D eigenvalue weighted by Gasteiger charge is 2.16. The average Bonchev–Trinajstić information content (AvgIpc) is 2.81. The summed E-state index contributed by atoms with van der Waals surface area (Å²) in [5.41, 5.74) is 7.30. The second-order valence-corrected chi connectivity index (χ2v) is 11.7. The van der Waals surface area contributed by atoms with Gasteiger partial charge in [0.05, 0.1) is 12.8 Å². The van der Waals surface area contributed by atoms with Gasteiger partial charge in [0.1, 0.15) is 5.75 Å². The highest BCUT2D eigenvalue weighted by Crippen LogP contribution is 2.34. The van der Waals surface area contributed by atoms with Gasteiger partial charge in [-0.25, -0.2) is 0 Å². The molecule has 36 heavy (non-hydrogen) atoms.